The van der Waals surface area contributed by atoms with Gasteiger partial charge in [-0.1, -0.05) is 6.07 Å². The highest BCUT2D eigenvalue weighted by molar-refractivity contribution is 7.92. The lowest BCUT2D eigenvalue weighted by Crippen LogP contribution is -2.59. The van der Waals surface area contributed by atoms with E-state index in [4.69, 9.17) is 23.7 Å². The SMILES string of the molecule is CC1(C)O[C@H]2OC(C(=O)NCC(=O)Nc3ccc(S(=O)(=O)Nc4ccccn4)cc3)[C@@H]3OC(C)(C)O[C@@H]3[C@H]2O1. The Kier molecular flexibility index (Phi) is 7.11. The van der Waals surface area contributed by atoms with Crippen LogP contribution in [0, 0.1) is 0 Å². The van der Waals surface area contributed by atoms with E-state index in [-0.39, 0.29) is 17.3 Å². The first-order valence-corrected chi connectivity index (χ1v) is 13.8. The van der Waals surface area contributed by atoms with Crippen LogP contribution in [-0.2, 0) is 43.3 Å². The Morgan fingerprint density at radius 3 is 2.26 bits per heavy atom. The van der Waals surface area contributed by atoms with Gasteiger partial charge in [-0.15, -0.1) is 0 Å². The number of fused-ring (bicyclic) bond motifs is 3. The van der Waals surface area contributed by atoms with Gasteiger partial charge in [-0.25, -0.2) is 13.4 Å². The van der Waals surface area contributed by atoms with E-state index < -0.39 is 64.1 Å². The van der Waals surface area contributed by atoms with Crippen molar-refractivity contribution in [1.29, 1.82) is 0 Å². The van der Waals surface area contributed by atoms with Gasteiger partial charge in [-0.2, -0.15) is 0 Å². The fraction of sp³-hybridized carbons (Fsp3) is 0.480. The first kappa shape index (κ1) is 27.4. The monoisotopic (exact) mass is 562 g/mol. The van der Waals surface area contributed by atoms with Crippen LogP contribution in [0.15, 0.2) is 53.6 Å². The normalized spacial score (nSPS) is 28.7. The molecule has 1 unspecified atom stereocenters. The number of hydrogen-bond acceptors (Lipinski definition) is 10. The second-order valence-corrected chi connectivity index (χ2v) is 11.9. The number of aromatic nitrogens is 1. The summed E-state index contributed by atoms with van der Waals surface area (Å²) in [4.78, 5) is 29.5. The van der Waals surface area contributed by atoms with Crippen LogP contribution in [0.5, 0.6) is 0 Å². The summed E-state index contributed by atoms with van der Waals surface area (Å²) in [5, 5.41) is 5.17. The van der Waals surface area contributed by atoms with Crippen molar-refractivity contribution in [2.24, 2.45) is 0 Å². The number of anilines is 2. The van der Waals surface area contributed by atoms with Gasteiger partial charge >= 0.3 is 0 Å². The summed E-state index contributed by atoms with van der Waals surface area (Å²) in [5.41, 5.74) is 0.343. The average molecular weight is 563 g/mol. The predicted molar refractivity (Wildman–Crippen MR) is 136 cm³/mol. The van der Waals surface area contributed by atoms with Gasteiger partial charge in [0.2, 0.25) is 5.91 Å². The third-order valence-corrected chi connectivity index (χ3v) is 7.56. The van der Waals surface area contributed by atoms with Crippen molar-refractivity contribution >= 4 is 33.3 Å². The third-order valence-electron chi connectivity index (χ3n) is 6.19. The Labute approximate surface area is 225 Å². The lowest BCUT2D eigenvalue weighted by Gasteiger charge is -2.36. The molecule has 3 aliphatic rings. The summed E-state index contributed by atoms with van der Waals surface area (Å²) < 4.78 is 57.0. The van der Waals surface area contributed by atoms with Crippen molar-refractivity contribution in [1.82, 2.24) is 10.3 Å². The van der Waals surface area contributed by atoms with Crippen LogP contribution < -0.4 is 15.4 Å². The summed E-state index contributed by atoms with van der Waals surface area (Å²) in [5.74, 6) is -2.81. The van der Waals surface area contributed by atoms with Gasteiger partial charge in [0.05, 0.1) is 11.4 Å². The standard InChI is InChI=1S/C25H30N4O9S/c1-24(2)35-18-19(36-24)21-23(38-25(3,4)37-21)34-20(18)22(31)27-13-17(30)28-14-8-10-15(11-9-14)39(32,33)29-16-7-5-6-12-26-16/h5-12,18-21,23H,13H2,1-4H3,(H,26,29)(H,27,31)(H,28,30)/t18-,19+,20?,21-,23-/m1/s1. The van der Waals surface area contributed by atoms with Gasteiger partial charge in [0.1, 0.15) is 24.1 Å². The van der Waals surface area contributed by atoms with E-state index in [0.717, 1.165) is 0 Å². The van der Waals surface area contributed by atoms with Gasteiger partial charge < -0.3 is 34.3 Å². The summed E-state index contributed by atoms with van der Waals surface area (Å²) in [7, 11) is -3.86. The molecule has 3 aliphatic heterocycles. The fourth-order valence-corrected chi connectivity index (χ4v) is 5.64. The highest BCUT2D eigenvalue weighted by atomic mass is 32.2. The Morgan fingerprint density at radius 2 is 1.56 bits per heavy atom. The second-order valence-electron chi connectivity index (χ2n) is 10.2. The number of sulfonamides is 1. The molecule has 2 amide bonds. The maximum absolute atomic E-state index is 13.0. The fourth-order valence-electron chi connectivity index (χ4n) is 4.63. The molecular weight excluding hydrogens is 532 g/mol. The molecule has 3 fully saturated rings. The molecule has 1 aromatic carbocycles. The molecule has 2 aromatic rings. The lowest BCUT2D eigenvalue weighted by atomic mass is 9.98. The van der Waals surface area contributed by atoms with Crippen LogP contribution in [0.2, 0.25) is 0 Å². The van der Waals surface area contributed by atoms with E-state index in [0.29, 0.717) is 5.69 Å². The Balaban J connectivity index is 1.17. The Bertz CT molecular complexity index is 1340. The number of carbonyl (C=O) groups is 2. The number of benzene rings is 1. The second kappa shape index (κ2) is 10.1. The molecule has 4 heterocycles. The van der Waals surface area contributed by atoms with Crippen LogP contribution in [0.1, 0.15) is 27.7 Å². The molecule has 13 nitrogen and oxygen atoms in total. The Hall–Kier alpha value is -3.14. The van der Waals surface area contributed by atoms with E-state index in [1.807, 2.05) is 0 Å². The minimum atomic E-state index is -3.86. The van der Waals surface area contributed by atoms with Crippen LogP contribution in [0.25, 0.3) is 0 Å². The molecule has 210 valence electrons. The van der Waals surface area contributed by atoms with Crippen LogP contribution in [-0.4, -0.2) is 74.0 Å². The minimum absolute atomic E-state index is 0.00949. The highest BCUT2D eigenvalue weighted by Gasteiger charge is 2.62. The maximum Gasteiger partial charge on any atom is 0.263 e. The summed E-state index contributed by atoms with van der Waals surface area (Å²) in [6.45, 7) is 6.58. The quantitative estimate of drug-likeness (QED) is 0.449. The van der Waals surface area contributed by atoms with E-state index in [2.05, 4.69) is 20.3 Å². The summed E-state index contributed by atoms with van der Waals surface area (Å²) in [6.07, 6.45) is -2.42. The molecule has 39 heavy (non-hydrogen) atoms. The molecule has 0 bridgehead atoms. The van der Waals surface area contributed by atoms with Crippen LogP contribution >= 0.6 is 0 Å². The minimum Gasteiger partial charge on any atom is -0.345 e. The molecule has 0 saturated carbocycles. The number of pyridine rings is 1. The van der Waals surface area contributed by atoms with Crippen molar-refractivity contribution in [3.63, 3.8) is 0 Å². The molecule has 1 aromatic heterocycles. The average Bonchev–Trinajstić information content (AvgIpc) is 3.36. The number of amides is 2. The first-order chi connectivity index (χ1) is 18.3. The molecule has 3 saturated heterocycles. The third kappa shape index (κ3) is 6.05. The molecule has 5 rings (SSSR count). The molecule has 14 heteroatoms. The smallest absolute Gasteiger partial charge is 0.263 e. The zero-order valence-electron chi connectivity index (χ0n) is 21.7. The van der Waals surface area contributed by atoms with E-state index in [9.17, 15) is 18.0 Å². The number of nitrogens with zero attached hydrogens (tertiary/aromatic N) is 1. The molecule has 5 atom stereocenters. The Morgan fingerprint density at radius 1 is 0.897 bits per heavy atom. The number of rotatable bonds is 7. The van der Waals surface area contributed by atoms with Gasteiger partial charge in [0.25, 0.3) is 15.9 Å². The number of carbonyl (C=O) groups excluding carboxylic acids is 2. The molecule has 0 radical (unpaired) electrons. The zero-order valence-corrected chi connectivity index (χ0v) is 22.6. The van der Waals surface area contributed by atoms with Gasteiger partial charge in [-0.3, -0.25) is 14.3 Å². The van der Waals surface area contributed by atoms with Gasteiger partial charge in [0.15, 0.2) is 24.0 Å². The van der Waals surface area contributed by atoms with E-state index >= 15 is 0 Å². The topological polar surface area (TPSA) is 163 Å². The van der Waals surface area contributed by atoms with Crippen molar-refractivity contribution in [3.8, 4) is 0 Å². The van der Waals surface area contributed by atoms with Crippen LogP contribution in [0.3, 0.4) is 0 Å². The lowest BCUT2D eigenvalue weighted by molar-refractivity contribution is -0.231. The van der Waals surface area contributed by atoms with Gasteiger partial charge in [0, 0.05) is 11.9 Å². The van der Waals surface area contributed by atoms with Crippen molar-refractivity contribution in [2.75, 3.05) is 16.6 Å². The van der Waals surface area contributed by atoms with Crippen LogP contribution in [0.4, 0.5) is 11.5 Å². The maximum atomic E-state index is 13.0. The number of ether oxygens (including phenoxy) is 5. The van der Waals surface area contributed by atoms with Crippen molar-refractivity contribution < 1.29 is 41.7 Å². The zero-order chi connectivity index (χ0) is 28.0. The molecule has 3 N–H and O–H groups in total. The summed E-state index contributed by atoms with van der Waals surface area (Å²) >= 11 is 0. The summed E-state index contributed by atoms with van der Waals surface area (Å²) in [6, 6.07) is 10.4. The molecule has 0 aliphatic carbocycles. The largest absolute Gasteiger partial charge is 0.345 e. The van der Waals surface area contributed by atoms with E-state index in [1.165, 1.54) is 36.5 Å². The molecular formula is C25H30N4O9S. The number of nitrogens with one attached hydrogen (secondary N) is 3. The van der Waals surface area contributed by atoms with Crippen molar-refractivity contribution in [3.05, 3.63) is 48.7 Å². The van der Waals surface area contributed by atoms with Gasteiger partial charge in [-0.05, 0) is 64.1 Å². The predicted octanol–water partition coefficient (Wildman–Crippen LogP) is 1.33. The van der Waals surface area contributed by atoms with Crippen molar-refractivity contribution in [2.45, 2.75) is 74.9 Å². The first-order valence-electron chi connectivity index (χ1n) is 12.3. The molecule has 0 spiro atoms. The highest BCUT2D eigenvalue weighted by Crippen LogP contribution is 2.44. The van der Waals surface area contributed by atoms with E-state index in [1.54, 1.807) is 39.8 Å². The number of hydrogen-bond donors (Lipinski definition) is 3.